The van der Waals surface area contributed by atoms with Crippen molar-refractivity contribution >= 4 is 27.6 Å². The van der Waals surface area contributed by atoms with Gasteiger partial charge >= 0.3 is 0 Å². The highest BCUT2D eigenvalue weighted by Gasteiger charge is 2.29. The fourth-order valence-electron chi connectivity index (χ4n) is 3.57. The lowest BCUT2D eigenvalue weighted by molar-refractivity contribution is 0.273. The standard InChI is InChI=1S/C22H29ClN4O2S/c1-24-22(25-13-10-18-6-5-7-20(23)16-18)26-17-19-11-14-27(15-12-19)30(28,29)21-8-3-2-4-9-21/h2-9,16,19H,10-15,17H2,1H3,(H2,24,25,26). The lowest BCUT2D eigenvalue weighted by Crippen LogP contribution is -2.44. The first-order valence-electron chi connectivity index (χ1n) is 10.2. The van der Waals surface area contributed by atoms with Gasteiger partial charge < -0.3 is 10.6 Å². The lowest BCUT2D eigenvalue weighted by atomic mass is 9.98. The largest absolute Gasteiger partial charge is 0.356 e. The second kappa shape index (κ2) is 10.8. The molecule has 3 rings (SSSR count). The van der Waals surface area contributed by atoms with E-state index in [4.69, 9.17) is 11.6 Å². The maximum absolute atomic E-state index is 12.7. The minimum absolute atomic E-state index is 0.367. The maximum Gasteiger partial charge on any atom is 0.243 e. The van der Waals surface area contributed by atoms with E-state index in [0.29, 0.717) is 23.9 Å². The van der Waals surface area contributed by atoms with E-state index in [0.717, 1.165) is 43.3 Å². The fraction of sp³-hybridized carbons (Fsp3) is 0.409. The third-order valence-corrected chi connectivity index (χ3v) is 7.48. The average molecular weight is 449 g/mol. The van der Waals surface area contributed by atoms with Gasteiger partial charge in [0, 0.05) is 38.2 Å². The smallest absolute Gasteiger partial charge is 0.243 e. The van der Waals surface area contributed by atoms with Crippen LogP contribution in [0, 0.1) is 5.92 Å². The summed E-state index contributed by atoms with van der Waals surface area (Å²) in [5.74, 6) is 1.18. The van der Waals surface area contributed by atoms with Gasteiger partial charge in [0.2, 0.25) is 10.0 Å². The number of sulfonamides is 1. The Morgan fingerprint density at radius 2 is 1.83 bits per heavy atom. The molecule has 0 atom stereocenters. The van der Waals surface area contributed by atoms with Gasteiger partial charge in [-0.2, -0.15) is 4.31 Å². The first-order chi connectivity index (χ1) is 14.5. The quantitative estimate of drug-likeness (QED) is 0.504. The van der Waals surface area contributed by atoms with Crippen LogP contribution >= 0.6 is 11.6 Å². The Kier molecular flexibility index (Phi) is 8.13. The van der Waals surface area contributed by atoms with Crippen molar-refractivity contribution in [1.29, 1.82) is 0 Å². The highest BCUT2D eigenvalue weighted by atomic mass is 35.5. The topological polar surface area (TPSA) is 73.8 Å². The van der Waals surface area contributed by atoms with Gasteiger partial charge in [-0.05, 0) is 55.0 Å². The van der Waals surface area contributed by atoms with Crippen LogP contribution in [0.2, 0.25) is 5.02 Å². The van der Waals surface area contributed by atoms with Gasteiger partial charge in [-0.1, -0.05) is 41.9 Å². The summed E-state index contributed by atoms with van der Waals surface area (Å²) in [4.78, 5) is 4.64. The Morgan fingerprint density at radius 1 is 1.10 bits per heavy atom. The minimum Gasteiger partial charge on any atom is -0.356 e. The molecule has 0 aliphatic carbocycles. The predicted molar refractivity (Wildman–Crippen MR) is 122 cm³/mol. The molecular formula is C22H29ClN4O2S. The number of rotatable bonds is 7. The van der Waals surface area contributed by atoms with Gasteiger partial charge in [0.15, 0.2) is 5.96 Å². The molecule has 0 bridgehead atoms. The van der Waals surface area contributed by atoms with Crippen molar-refractivity contribution < 1.29 is 8.42 Å². The van der Waals surface area contributed by atoms with Crippen molar-refractivity contribution in [2.75, 3.05) is 33.2 Å². The second-order valence-electron chi connectivity index (χ2n) is 7.42. The van der Waals surface area contributed by atoms with Gasteiger partial charge in [0.05, 0.1) is 4.90 Å². The Labute approximate surface area is 184 Å². The summed E-state index contributed by atoms with van der Waals surface area (Å²) in [5.41, 5.74) is 1.18. The van der Waals surface area contributed by atoms with Gasteiger partial charge in [-0.25, -0.2) is 8.42 Å². The van der Waals surface area contributed by atoms with E-state index < -0.39 is 10.0 Å². The zero-order valence-electron chi connectivity index (χ0n) is 17.2. The molecule has 1 fully saturated rings. The molecule has 2 aromatic carbocycles. The summed E-state index contributed by atoms with van der Waals surface area (Å²) in [5, 5.41) is 7.43. The van der Waals surface area contributed by atoms with Gasteiger partial charge in [-0.15, -0.1) is 0 Å². The number of benzene rings is 2. The van der Waals surface area contributed by atoms with Crippen molar-refractivity contribution in [2.24, 2.45) is 10.9 Å². The molecule has 1 aliphatic heterocycles. The van der Waals surface area contributed by atoms with E-state index in [1.807, 2.05) is 24.3 Å². The molecule has 0 aromatic heterocycles. The first kappa shape index (κ1) is 22.6. The predicted octanol–water partition coefficient (Wildman–Crippen LogP) is 3.15. The molecule has 1 saturated heterocycles. The number of aliphatic imine (C=N–C) groups is 1. The summed E-state index contributed by atoms with van der Waals surface area (Å²) in [7, 11) is -1.64. The highest BCUT2D eigenvalue weighted by Crippen LogP contribution is 2.23. The monoisotopic (exact) mass is 448 g/mol. The summed E-state index contributed by atoms with van der Waals surface area (Å²) < 4.78 is 27.1. The number of hydrogen-bond acceptors (Lipinski definition) is 3. The van der Waals surface area contributed by atoms with Crippen molar-refractivity contribution in [3.8, 4) is 0 Å². The highest BCUT2D eigenvalue weighted by molar-refractivity contribution is 7.89. The zero-order valence-corrected chi connectivity index (χ0v) is 18.8. The van der Waals surface area contributed by atoms with Crippen LogP contribution < -0.4 is 10.6 Å². The normalized spacial score (nSPS) is 16.4. The molecule has 1 aliphatic rings. The molecule has 0 unspecified atom stereocenters. The van der Waals surface area contributed by atoms with Crippen LogP contribution in [-0.2, 0) is 16.4 Å². The molecular weight excluding hydrogens is 420 g/mol. The number of halogens is 1. The minimum atomic E-state index is -3.40. The van der Waals surface area contributed by atoms with Gasteiger partial charge in [-0.3, -0.25) is 4.99 Å². The molecule has 0 amide bonds. The average Bonchev–Trinajstić information content (AvgIpc) is 2.77. The van der Waals surface area contributed by atoms with Gasteiger partial charge in [0.1, 0.15) is 0 Å². The zero-order chi connectivity index (χ0) is 21.4. The maximum atomic E-state index is 12.7. The van der Waals surface area contributed by atoms with Crippen LogP contribution in [0.25, 0.3) is 0 Å². The van der Waals surface area contributed by atoms with E-state index in [1.54, 1.807) is 35.6 Å². The third-order valence-electron chi connectivity index (χ3n) is 5.33. The Balaban J connectivity index is 1.41. The first-order valence-corrected chi connectivity index (χ1v) is 12.0. The Morgan fingerprint density at radius 3 is 2.50 bits per heavy atom. The number of piperidine rings is 1. The van der Waals surface area contributed by atoms with Crippen LogP contribution in [0.3, 0.4) is 0 Å². The number of nitrogens with zero attached hydrogens (tertiary/aromatic N) is 2. The van der Waals surface area contributed by atoms with E-state index in [-0.39, 0.29) is 0 Å². The molecule has 162 valence electrons. The van der Waals surface area contributed by atoms with E-state index in [1.165, 1.54) is 5.56 Å². The molecule has 2 aromatic rings. The fourth-order valence-corrected chi connectivity index (χ4v) is 5.28. The van der Waals surface area contributed by atoms with Crippen LogP contribution in [0.4, 0.5) is 0 Å². The van der Waals surface area contributed by atoms with Crippen molar-refractivity contribution in [3.05, 3.63) is 65.2 Å². The molecule has 1 heterocycles. The third kappa shape index (κ3) is 6.20. The van der Waals surface area contributed by atoms with E-state index in [2.05, 4.69) is 21.7 Å². The second-order valence-corrected chi connectivity index (χ2v) is 9.79. The Bertz CT molecular complexity index is 943. The number of hydrogen-bond donors (Lipinski definition) is 2. The Hall–Kier alpha value is -2.09. The summed E-state index contributed by atoms with van der Waals surface area (Å²) in [6.07, 6.45) is 2.52. The van der Waals surface area contributed by atoms with Crippen LogP contribution in [0.5, 0.6) is 0 Å². The summed E-state index contributed by atoms with van der Waals surface area (Å²) in [6, 6.07) is 16.5. The van der Waals surface area contributed by atoms with Gasteiger partial charge in [0.25, 0.3) is 0 Å². The molecule has 0 radical (unpaired) electrons. The summed E-state index contributed by atoms with van der Waals surface area (Å²) in [6.45, 7) is 2.62. The lowest BCUT2D eigenvalue weighted by Gasteiger charge is -2.31. The molecule has 8 heteroatoms. The number of nitrogens with one attached hydrogen (secondary N) is 2. The number of guanidine groups is 1. The van der Waals surface area contributed by atoms with E-state index >= 15 is 0 Å². The SMILES string of the molecule is CN=C(NCCc1cccc(Cl)c1)NCC1CCN(S(=O)(=O)c2ccccc2)CC1. The molecule has 2 N–H and O–H groups in total. The van der Waals surface area contributed by atoms with Crippen molar-refractivity contribution in [2.45, 2.75) is 24.2 Å². The van der Waals surface area contributed by atoms with E-state index in [9.17, 15) is 8.42 Å². The summed E-state index contributed by atoms with van der Waals surface area (Å²) >= 11 is 6.02. The molecule has 6 nitrogen and oxygen atoms in total. The molecule has 30 heavy (non-hydrogen) atoms. The van der Waals surface area contributed by atoms with Crippen LogP contribution in [0.1, 0.15) is 18.4 Å². The van der Waals surface area contributed by atoms with Crippen molar-refractivity contribution in [3.63, 3.8) is 0 Å². The van der Waals surface area contributed by atoms with Crippen molar-refractivity contribution in [1.82, 2.24) is 14.9 Å². The molecule has 0 saturated carbocycles. The van der Waals surface area contributed by atoms with Crippen LogP contribution in [0.15, 0.2) is 64.5 Å². The molecule has 0 spiro atoms. The van der Waals surface area contributed by atoms with Crippen LogP contribution in [-0.4, -0.2) is 51.9 Å².